The van der Waals surface area contributed by atoms with E-state index in [0.717, 1.165) is 24.9 Å². The smallest absolute Gasteiger partial charge is 0.408 e. The molecule has 3 saturated carbocycles. The van der Waals surface area contributed by atoms with Crippen molar-refractivity contribution in [3.05, 3.63) is 0 Å². The maximum Gasteiger partial charge on any atom is 0.408 e. The molecule has 0 bridgehead atoms. The van der Waals surface area contributed by atoms with Gasteiger partial charge in [-0.1, -0.05) is 25.7 Å². The van der Waals surface area contributed by atoms with Crippen LogP contribution in [0.4, 0.5) is 4.79 Å². The van der Waals surface area contributed by atoms with Crippen LogP contribution >= 0.6 is 0 Å². The minimum absolute atomic E-state index is 0.401. The first kappa shape index (κ1) is 24.0. The van der Waals surface area contributed by atoms with E-state index in [1.54, 1.807) is 20.8 Å². The van der Waals surface area contributed by atoms with Gasteiger partial charge in [-0.25, -0.2) is 4.79 Å². The van der Waals surface area contributed by atoms with E-state index in [0.29, 0.717) is 12.3 Å². The predicted molar refractivity (Wildman–Crippen MR) is 111 cm³/mol. The van der Waals surface area contributed by atoms with Crippen LogP contribution in [0.2, 0.25) is 0 Å². The van der Waals surface area contributed by atoms with E-state index in [1.165, 1.54) is 64.2 Å². The van der Waals surface area contributed by atoms with Gasteiger partial charge in [0.2, 0.25) is 0 Å². The van der Waals surface area contributed by atoms with Gasteiger partial charge in [0, 0.05) is 0 Å². The van der Waals surface area contributed by atoms with Gasteiger partial charge >= 0.3 is 6.09 Å². The Kier molecular flexibility index (Phi) is 9.73. The van der Waals surface area contributed by atoms with Gasteiger partial charge in [-0.05, 0) is 84.5 Å². The van der Waals surface area contributed by atoms with E-state index in [-0.39, 0.29) is 0 Å². The van der Waals surface area contributed by atoms with Crippen LogP contribution in [-0.4, -0.2) is 35.8 Å². The topological polar surface area (TPSA) is 95.1 Å². The van der Waals surface area contributed by atoms with Crippen LogP contribution in [-0.2, 0) is 9.53 Å². The van der Waals surface area contributed by atoms with Crippen LogP contribution in [0.1, 0.15) is 104 Å². The highest BCUT2D eigenvalue weighted by Crippen LogP contribution is 2.33. The number of amides is 1. The molecule has 0 aromatic carbocycles. The Labute approximate surface area is 176 Å². The van der Waals surface area contributed by atoms with Crippen molar-refractivity contribution in [1.29, 1.82) is 0 Å². The second-order valence-corrected chi connectivity index (χ2v) is 10.2. The molecule has 1 unspecified atom stereocenters. The molecule has 3 rings (SSSR count). The molecule has 3 fully saturated rings. The number of ether oxygens (including phenoxy) is 1. The van der Waals surface area contributed by atoms with Crippen LogP contribution in [0.25, 0.3) is 0 Å². The zero-order valence-electron chi connectivity index (χ0n) is 18.7. The molecule has 3 aliphatic rings. The van der Waals surface area contributed by atoms with Crippen molar-refractivity contribution in [3.8, 4) is 0 Å². The summed E-state index contributed by atoms with van der Waals surface area (Å²) in [6, 6.07) is 1.05. The number of carboxylic acid groups (broad SMARTS) is 1. The van der Waals surface area contributed by atoms with Gasteiger partial charge in [0.05, 0.1) is 24.1 Å². The Morgan fingerprint density at radius 2 is 1.41 bits per heavy atom. The van der Waals surface area contributed by atoms with Crippen LogP contribution in [0.5, 0.6) is 0 Å². The number of rotatable bonds is 6. The van der Waals surface area contributed by atoms with Gasteiger partial charge in [-0.2, -0.15) is 0 Å². The summed E-state index contributed by atoms with van der Waals surface area (Å²) >= 11 is 0. The molecule has 0 heterocycles. The van der Waals surface area contributed by atoms with Crippen molar-refractivity contribution in [2.45, 2.75) is 128 Å². The molecule has 0 aliphatic heterocycles. The largest absolute Gasteiger partial charge is 0.548 e. The van der Waals surface area contributed by atoms with Gasteiger partial charge in [0.25, 0.3) is 0 Å². The summed E-state index contributed by atoms with van der Waals surface area (Å²) in [5, 5.41) is 15.8. The van der Waals surface area contributed by atoms with Crippen molar-refractivity contribution in [1.82, 2.24) is 5.32 Å². The second-order valence-electron chi connectivity index (χ2n) is 10.2. The van der Waals surface area contributed by atoms with Gasteiger partial charge < -0.3 is 25.3 Å². The minimum Gasteiger partial charge on any atom is -0.548 e. The lowest BCUT2D eigenvalue weighted by Crippen LogP contribution is -2.95. The number of nitrogens with two attached hydrogens (primary N) is 1. The minimum atomic E-state index is -1.25. The van der Waals surface area contributed by atoms with Crippen LogP contribution < -0.4 is 15.7 Å². The summed E-state index contributed by atoms with van der Waals surface area (Å²) in [6.45, 7) is 5.17. The molecule has 6 nitrogen and oxygen atoms in total. The first-order valence-corrected chi connectivity index (χ1v) is 11.8. The summed E-state index contributed by atoms with van der Waals surface area (Å²) in [7, 11) is 0. The van der Waals surface area contributed by atoms with Crippen molar-refractivity contribution in [2.24, 2.45) is 5.92 Å². The maximum atomic E-state index is 11.4. The molecule has 29 heavy (non-hydrogen) atoms. The first-order chi connectivity index (χ1) is 13.7. The molecule has 6 heteroatoms. The zero-order valence-corrected chi connectivity index (χ0v) is 18.7. The van der Waals surface area contributed by atoms with Crippen molar-refractivity contribution < 1.29 is 24.7 Å². The van der Waals surface area contributed by atoms with Crippen molar-refractivity contribution >= 4 is 12.1 Å². The van der Waals surface area contributed by atoms with E-state index >= 15 is 0 Å². The van der Waals surface area contributed by atoms with Crippen LogP contribution in [0.15, 0.2) is 0 Å². The van der Waals surface area contributed by atoms with E-state index in [4.69, 9.17) is 4.74 Å². The van der Waals surface area contributed by atoms with Crippen molar-refractivity contribution in [2.75, 3.05) is 0 Å². The van der Waals surface area contributed by atoms with Gasteiger partial charge in [-0.15, -0.1) is 0 Å². The Hall–Kier alpha value is -1.30. The summed E-state index contributed by atoms with van der Waals surface area (Å²) in [6.07, 6.45) is 16.7. The molecule has 0 aromatic rings. The monoisotopic (exact) mass is 410 g/mol. The number of alkyl carbamates (subject to hydrolysis) is 1. The molecule has 1 amide bonds. The third-order valence-corrected chi connectivity index (χ3v) is 6.09. The molecule has 1 atom stereocenters. The SMILES string of the molecule is C1CCC([NH2+]C2CCCCC2)CC1.CC(C)(C)OC(=O)NC(CC1CC1)C(=O)[O-]. The van der Waals surface area contributed by atoms with E-state index in [9.17, 15) is 14.7 Å². The number of hydrogen-bond donors (Lipinski definition) is 2. The highest BCUT2D eigenvalue weighted by Gasteiger charge is 2.28. The lowest BCUT2D eigenvalue weighted by atomic mass is 9.91. The van der Waals surface area contributed by atoms with Gasteiger partial charge in [0.1, 0.15) is 5.60 Å². The van der Waals surface area contributed by atoms with Crippen molar-refractivity contribution in [3.63, 3.8) is 0 Å². The fourth-order valence-electron chi connectivity index (χ4n) is 4.39. The average molecular weight is 411 g/mol. The molecular formula is C23H42N2O4. The Balaban J connectivity index is 0.000000211. The molecule has 0 aromatic heterocycles. The number of nitrogens with one attached hydrogen (secondary N) is 1. The predicted octanol–water partition coefficient (Wildman–Crippen LogP) is 2.64. The maximum absolute atomic E-state index is 11.4. The molecule has 3 N–H and O–H groups in total. The standard InChI is InChI=1S/C12H23N.C11H19NO4/c1-3-7-11(8-4-1)13-12-9-5-2-6-10-12;1-11(2,3)16-10(15)12-8(9(13)14)6-7-4-5-7/h11-13H,1-10H2;7-8H,4-6H2,1-3H3,(H,12,15)(H,13,14). The lowest BCUT2D eigenvalue weighted by Gasteiger charge is -2.27. The molecule has 0 radical (unpaired) electrons. The third-order valence-electron chi connectivity index (χ3n) is 6.09. The molecule has 168 valence electrons. The highest BCUT2D eigenvalue weighted by atomic mass is 16.6. The van der Waals surface area contributed by atoms with E-state index in [2.05, 4.69) is 10.6 Å². The Morgan fingerprint density at radius 1 is 0.931 bits per heavy atom. The molecule has 3 aliphatic carbocycles. The normalized spacial score (nSPS) is 22.2. The van der Waals surface area contributed by atoms with Gasteiger partial charge in [-0.3, -0.25) is 0 Å². The number of hydrogen-bond acceptors (Lipinski definition) is 4. The molecule has 0 saturated heterocycles. The number of carbonyl (C=O) groups excluding carboxylic acids is 2. The van der Waals surface area contributed by atoms with E-state index in [1.807, 2.05) is 0 Å². The van der Waals surface area contributed by atoms with Crippen LogP contribution in [0.3, 0.4) is 0 Å². The van der Waals surface area contributed by atoms with Gasteiger partial charge in [0.15, 0.2) is 0 Å². The summed E-state index contributed by atoms with van der Waals surface area (Å²) in [5.74, 6) is -0.851. The number of aliphatic carboxylic acids is 1. The highest BCUT2D eigenvalue weighted by molar-refractivity contribution is 5.78. The number of carbonyl (C=O) groups is 2. The quantitative estimate of drug-likeness (QED) is 0.704. The van der Waals surface area contributed by atoms with Crippen LogP contribution in [0, 0.1) is 5.92 Å². The Bertz CT molecular complexity index is 485. The first-order valence-electron chi connectivity index (χ1n) is 11.8. The number of carboxylic acids is 1. The zero-order chi connectivity index (χ0) is 21.3. The lowest BCUT2D eigenvalue weighted by molar-refractivity contribution is -0.725. The average Bonchev–Trinajstić information content (AvgIpc) is 3.46. The fourth-order valence-corrected chi connectivity index (χ4v) is 4.39. The fraction of sp³-hybridized carbons (Fsp3) is 0.913. The summed E-state index contributed by atoms with van der Waals surface area (Å²) in [4.78, 5) is 22.1. The second kappa shape index (κ2) is 11.8. The Morgan fingerprint density at radius 3 is 1.79 bits per heavy atom. The number of quaternary nitrogens is 1. The third kappa shape index (κ3) is 10.9. The molecular weight excluding hydrogens is 368 g/mol. The summed E-state index contributed by atoms with van der Waals surface area (Å²) < 4.78 is 4.98. The summed E-state index contributed by atoms with van der Waals surface area (Å²) in [5.41, 5.74) is -0.625. The molecule has 0 spiro atoms. The van der Waals surface area contributed by atoms with E-state index < -0.39 is 23.7 Å².